The predicted octanol–water partition coefficient (Wildman–Crippen LogP) is 2.80. The number of rotatable bonds is 5. The van der Waals surface area contributed by atoms with E-state index >= 15 is 0 Å². The van der Waals surface area contributed by atoms with E-state index in [1.54, 1.807) is 7.11 Å². The summed E-state index contributed by atoms with van der Waals surface area (Å²) < 4.78 is 5.14. The highest BCUT2D eigenvalue weighted by Crippen LogP contribution is 2.15. The van der Waals surface area contributed by atoms with Crippen LogP contribution in [0, 0.1) is 0 Å². The molecule has 0 saturated carbocycles. The smallest absolute Gasteiger partial charge is 0.254 e. The van der Waals surface area contributed by atoms with Gasteiger partial charge in [0.15, 0.2) is 0 Å². The van der Waals surface area contributed by atoms with Crippen LogP contribution in [0.15, 0.2) is 59.7 Å². The number of carbonyl (C=O) groups is 1. The Morgan fingerprint density at radius 1 is 1.10 bits per heavy atom. The summed E-state index contributed by atoms with van der Waals surface area (Å²) in [5.74, 6) is 0.281. The van der Waals surface area contributed by atoms with E-state index in [9.17, 15) is 4.79 Å². The first-order chi connectivity index (χ1) is 10.2. The van der Waals surface area contributed by atoms with Crippen LogP contribution in [0.25, 0.3) is 0 Å². The Morgan fingerprint density at radius 3 is 2.29 bits per heavy atom. The second-order valence-electron chi connectivity index (χ2n) is 4.22. The molecule has 0 radical (unpaired) electrons. The van der Waals surface area contributed by atoms with Crippen molar-refractivity contribution in [3.05, 3.63) is 65.7 Å². The Kier molecular flexibility index (Phi) is 5.35. The molecule has 1 N–H and O–H groups in total. The van der Waals surface area contributed by atoms with Crippen molar-refractivity contribution in [3.63, 3.8) is 0 Å². The Hall–Kier alpha value is -2.33. The number of benzene rings is 2. The van der Waals surface area contributed by atoms with Crippen LogP contribution < -0.4 is 10.2 Å². The van der Waals surface area contributed by atoms with Crippen molar-refractivity contribution in [1.29, 1.82) is 0 Å². The number of amides is 1. The maximum Gasteiger partial charge on any atom is 0.254 e. The third kappa shape index (κ3) is 4.07. The SMILES string of the molecule is COc1ccc(/C(=N\NC(=O)CCl)c2ccccc2)cc1. The van der Waals surface area contributed by atoms with Crippen LogP contribution >= 0.6 is 11.6 Å². The standard InChI is InChI=1S/C16H15ClN2O2/c1-21-14-9-7-13(8-10-14)16(19-18-15(20)11-17)12-5-3-2-4-6-12/h2-10H,11H2,1H3,(H,18,20)/b19-16-. The second-order valence-corrected chi connectivity index (χ2v) is 4.49. The molecule has 0 bridgehead atoms. The summed E-state index contributed by atoms with van der Waals surface area (Å²) in [6.07, 6.45) is 0. The van der Waals surface area contributed by atoms with Crippen LogP contribution in [-0.4, -0.2) is 24.6 Å². The molecular formula is C16H15ClN2O2. The first kappa shape index (κ1) is 15.1. The average molecular weight is 303 g/mol. The van der Waals surface area contributed by atoms with Gasteiger partial charge in [-0.15, -0.1) is 11.6 Å². The van der Waals surface area contributed by atoms with Gasteiger partial charge in [0.2, 0.25) is 0 Å². The van der Waals surface area contributed by atoms with E-state index in [1.165, 1.54) is 0 Å². The van der Waals surface area contributed by atoms with Gasteiger partial charge in [-0.25, -0.2) is 5.43 Å². The summed E-state index contributed by atoms with van der Waals surface area (Å²) in [5, 5.41) is 4.18. The molecule has 5 heteroatoms. The highest BCUT2D eigenvalue weighted by molar-refractivity contribution is 6.27. The molecular weight excluding hydrogens is 288 g/mol. The first-order valence-corrected chi connectivity index (χ1v) is 6.90. The fourth-order valence-corrected chi connectivity index (χ4v) is 1.85. The van der Waals surface area contributed by atoms with E-state index in [4.69, 9.17) is 16.3 Å². The van der Waals surface area contributed by atoms with Crippen LogP contribution in [0.1, 0.15) is 11.1 Å². The Balaban J connectivity index is 2.37. The maximum atomic E-state index is 11.3. The first-order valence-electron chi connectivity index (χ1n) is 6.37. The van der Waals surface area contributed by atoms with Gasteiger partial charge < -0.3 is 4.74 Å². The third-order valence-corrected chi connectivity index (χ3v) is 3.07. The molecule has 0 aliphatic heterocycles. The normalized spacial score (nSPS) is 11.0. The van der Waals surface area contributed by atoms with Gasteiger partial charge in [-0.2, -0.15) is 5.10 Å². The maximum absolute atomic E-state index is 11.3. The van der Waals surface area contributed by atoms with E-state index in [-0.39, 0.29) is 11.8 Å². The lowest BCUT2D eigenvalue weighted by Gasteiger charge is -2.08. The van der Waals surface area contributed by atoms with Crippen molar-refractivity contribution in [2.75, 3.05) is 13.0 Å². The largest absolute Gasteiger partial charge is 0.497 e. The number of carbonyl (C=O) groups excluding carboxylic acids is 1. The molecule has 2 aromatic rings. The van der Waals surface area contributed by atoms with Crippen LogP contribution in [0.5, 0.6) is 5.75 Å². The average Bonchev–Trinajstić information content (AvgIpc) is 2.56. The predicted molar refractivity (Wildman–Crippen MR) is 83.9 cm³/mol. The van der Waals surface area contributed by atoms with Gasteiger partial charge in [0.25, 0.3) is 5.91 Å². The van der Waals surface area contributed by atoms with Crippen molar-refractivity contribution in [2.24, 2.45) is 5.10 Å². The van der Waals surface area contributed by atoms with Gasteiger partial charge >= 0.3 is 0 Å². The van der Waals surface area contributed by atoms with E-state index in [0.29, 0.717) is 5.71 Å². The number of hydrazone groups is 1. The number of halogens is 1. The lowest BCUT2D eigenvalue weighted by molar-refractivity contribution is -0.118. The second kappa shape index (κ2) is 7.45. The molecule has 21 heavy (non-hydrogen) atoms. The number of hydrogen-bond acceptors (Lipinski definition) is 3. The molecule has 0 spiro atoms. The summed E-state index contributed by atoms with van der Waals surface area (Å²) in [7, 11) is 1.61. The van der Waals surface area contributed by atoms with Gasteiger partial charge in [0.05, 0.1) is 12.8 Å². The number of hydrogen-bond donors (Lipinski definition) is 1. The number of alkyl halides is 1. The summed E-state index contributed by atoms with van der Waals surface area (Å²) in [4.78, 5) is 11.3. The van der Waals surface area contributed by atoms with Crippen LogP contribution in [0.3, 0.4) is 0 Å². The molecule has 0 atom stereocenters. The molecule has 0 aromatic heterocycles. The fraction of sp³-hybridized carbons (Fsp3) is 0.125. The van der Waals surface area contributed by atoms with Gasteiger partial charge in [0.1, 0.15) is 11.6 Å². The van der Waals surface area contributed by atoms with E-state index < -0.39 is 0 Å². The van der Waals surface area contributed by atoms with E-state index in [1.807, 2.05) is 54.6 Å². The highest BCUT2D eigenvalue weighted by Gasteiger charge is 2.08. The Bertz CT molecular complexity index is 624. The van der Waals surface area contributed by atoms with Gasteiger partial charge in [0, 0.05) is 11.1 Å². The summed E-state index contributed by atoms with van der Waals surface area (Å²) >= 11 is 5.47. The lowest BCUT2D eigenvalue weighted by Crippen LogP contribution is -2.21. The molecule has 2 aromatic carbocycles. The van der Waals surface area contributed by atoms with E-state index in [2.05, 4.69) is 10.5 Å². The summed E-state index contributed by atoms with van der Waals surface area (Å²) in [6.45, 7) is 0. The topological polar surface area (TPSA) is 50.7 Å². The monoisotopic (exact) mass is 302 g/mol. The fourth-order valence-electron chi connectivity index (χ4n) is 1.79. The molecule has 0 unspecified atom stereocenters. The minimum absolute atomic E-state index is 0.131. The number of ether oxygens (including phenoxy) is 1. The van der Waals surface area contributed by atoms with E-state index in [0.717, 1.165) is 16.9 Å². The quantitative estimate of drug-likeness (QED) is 0.524. The number of nitrogens with one attached hydrogen (secondary N) is 1. The van der Waals surface area contributed by atoms with Gasteiger partial charge in [-0.3, -0.25) is 4.79 Å². The van der Waals surface area contributed by atoms with Crippen molar-refractivity contribution in [1.82, 2.24) is 5.43 Å². The molecule has 0 saturated heterocycles. The van der Waals surface area contributed by atoms with Crippen LogP contribution in [-0.2, 0) is 4.79 Å². The van der Waals surface area contributed by atoms with Crippen LogP contribution in [0.4, 0.5) is 0 Å². The molecule has 1 amide bonds. The molecule has 0 fully saturated rings. The number of nitrogens with zero attached hydrogens (tertiary/aromatic N) is 1. The zero-order valence-electron chi connectivity index (χ0n) is 11.5. The number of methoxy groups -OCH3 is 1. The Labute approximate surface area is 128 Å². The highest BCUT2D eigenvalue weighted by atomic mass is 35.5. The zero-order valence-corrected chi connectivity index (χ0v) is 12.3. The van der Waals surface area contributed by atoms with Crippen molar-refractivity contribution in [3.8, 4) is 5.75 Å². The summed E-state index contributed by atoms with van der Waals surface area (Å²) in [5.41, 5.74) is 4.88. The van der Waals surface area contributed by atoms with Crippen molar-refractivity contribution >= 4 is 23.2 Å². The molecule has 4 nitrogen and oxygen atoms in total. The lowest BCUT2D eigenvalue weighted by atomic mass is 10.0. The van der Waals surface area contributed by atoms with Crippen LogP contribution in [0.2, 0.25) is 0 Å². The Morgan fingerprint density at radius 2 is 1.71 bits per heavy atom. The molecule has 108 valence electrons. The van der Waals surface area contributed by atoms with Gasteiger partial charge in [-0.1, -0.05) is 30.3 Å². The molecule has 2 rings (SSSR count). The molecule has 0 aliphatic rings. The summed E-state index contributed by atoms with van der Waals surface area (Å²) in [6, 6.07) is 17.1. The van der Waals surface area contributed by atoms with Gasteiger partial charge in [-0.05, 0) is 24.3 Å². The minimum Gasteiger partial charge on any atom is -0.497 e. The molecule has 0 aliphatic carbocycles. The molecule has 0 heterocycles. The van der Waals surface area contributed by atoms with Crippen molar-refractivity contribution < 1.29 is 9.53 Å². The van der Waals surface area contributed by atoms with Crippen molar-refractivity contribution in [2.45, 2.75) is 0 Å². The third-order valence-electron chi connectivity index (χ3n) is 2.82. The zero-order chi connectivity index (χ0) is 15.1. The minimum atomic E-state index is -0.349.